The van der Waals surface area contributed by atoms with E-state index in [1.54, 1.807) is 12.1 Å². The first-order valence-corrected chi connectivity index (χ1v) is 21.1. The molecule has 10 rings (SSSR count). The third kappa shape index (κ3) is 6.12. The number of ether oxygens (including phenoxy) is 8. The summed E-state index contributed by atoms with van der Waals surface area (Å²) in [5.41, 5.74) is 4.23. The Bertz CT molecular complexity index is 2470. The SMILES string of the molecule is COc1cc2c(cc1OC(C)=O)CCN[C@]21CS[C@@H]2c3c(OC(C)=O)c(C)c4c(c3[C@@H](COC1=O)N1C2[C@@H]2c3c(cc(C)c(OC)c3OC(C)=O)C[C@H]([C@@H]1C#N)N2C)OCO4. The number of methoxy groups -OCH3 is 2. The Balaban J connectivity index is 1.33. The minimum atomic E-state index is -1.43. The smallest absolute Gasteiger partial charge is 0.331 e. The number of nitriles is 1. The van der Waals surface area contributed by atoms with Crippen LogP contribution in [-0.4, -0.2) is 98.8 Å². The van der Waals surface area contributed by atoms with E-state index in [0.717, 1.165) is 22.3 Å². The predicted molar refractivity (Wildman–Crippen MR) is 217 cm³/mol. The molecule has 0 aliphatic carbocycles. The predicted octanol–water partition coefficient (Wildman–Crippen LogP) is 4.43. The third-order valence-corrected chi connectivity index (χ3v) is 14.4. The Morgan fingerprint density at radius 1 is 0.885 bits per heavy atom. The number of carbonyl (C=O) groups excluding carboxylic acids is 4. The zero-order chi connectivity index (χ0) is 43.2. The number of carbonyl (C=O) groups is 4. The van der Waals surface area contributed by atoms with Crippen molar-refractivity contribution in [3.63, 3.8) is 0 Å². The number of benzene rings is 3. The molecule has 17 heteroatoms. The van der Waals surface area contributed by atoms with Crippen LogP contribution in [0.3, 0.4) is 0 Å². The standard InChI is InChI=1S/C44H46N4O12S/c1-19-11-25-12-27-28(15-45)48-29-16-55-43(52)44(26-14-30(53-7)31(58-21(3)49)13-24(26)9-10-46-44)17-61-42(34-33(29)40-39(56-18-57-40)20(2)38(34)59-22(4)50)36(48)35(47(27)6)32(25)41(37(19)54-8)60-23(5)51/h11,13-14,27-29,35-36,42,46H,9-10,12,16-18H2,1-8H3/t27-,28+,29-,35+,36?,42-,44-/m1/s1. The number of nitrogens with zero attached hydrogens (tertiary/aromatic N) is 3. The average Bonchev–Trinajstić information content (AvgIpc) is 3.70. The van der Waals surface area contributed by atoms with Gasteiger partial charge in [0.1, 0.15) is 18.4 Å². The first-order valence-electron chi connectivity index (χ1n) is 20.1. The molecule has 4 bridgehead atoms. The molecule has 2 saturated heterocycles. The van der Waals surface area contributed by atoms with Crippen LogP contribution >= 0.6 is 11.8 Å². The number of thioether (sulfide) groups is 1. The lowest BCUT2D eigenvalue weighted by Crippen LogP contribution is -2.69. The second kappa shape index (κ2) is 15.1. The summed E-state index contributed by atoms with van der Waals surface area (Å²) in [6.45, 7) is 7.80. The van der Waals surface area contributed by atoms with Crippen molar-refractivity contribution in [1.29, 1.82) is 5.26 Å². The van der Waals surface area contributed by atoms with Crippen LogP contribution in [-0.2, 0) is 42.3 Å². The Hall–Kier alpha value is -5.54. The van der Waals surface area contributed by atoms with Crippen molar-refractivity contribution in [1.82, 2.24) is 15.1 Å². The lowest BCUT2D eigenvalue weighted by Gasteiger charge is -2.62. The van der Waals surface area contributed by atoms with Crippen molar-refractivity contribution in [2.75, 3.05) is 47.0 Å². The maximum atomic E-state index is 15.0. The van der Waals surface area contributed by atoms with Crippen molar-refractivity contribution in [2.24, 2.45) is 0 Å². The van der Waals surface area contributed by atoms with Crippen LogP contribution in [0.5, 0.6) is 40.2 Å². The quantitative estimate of drug-likeness (QED) is 0.281. The topological polar surface area (TPSA) is 184 Å². The molecule has 7 aliphatic rings. The number of piperazine rings is 1. The molecule has 7 heterocycles. The molecule has 7 aliphatic heterocycles. The van der Waals surface area contributed by atoms with E-state index in [-0.39, 0.29) is 36.7 Å². The van der Waals surface area contributed by atoms with E-state index < -0.39 is 58.8 Å². The fraction of sp³-hybridized carbons (Fsp3) is 0.477. The van der Waals surface area contributed by atoms with Gasteiger partial charge in [0, 0.05) is 67.4 Å². The summed E-state index contributed by atoms with van der Waals surface area (Å²) in [7, 11) is 4.98. The first kappa shape index (κ1) is 40.8. The summed E-state index contributed by atoms with van der Waals surface area (Å²) in [4.78, 5) is 57.4. The fourth-order valence-corrected chi connectivity index (χ4v) is 12.3. The monoisotopic (exact) mass is 854 g/mol. The summed E-state index contributed by atoms with van der Waals surface area (Å²) in [6.07, 6.45) is 0.970. The molecule has 7 atom stereocenters. The van der Waals surface area contributed by atoms with Crippen LogP contribution < -0.4 is 38.5 Å². The van der Waals surface area contributed by atoms with Gasteiger partial charge in [-0.25, -0.2) is 4.79 Å². The highest BCUT2D eigenvalue weighted by Crippen LogP contribution is 2.65. The molecule has 2 fully saturated rings. The molecule has 1 N–H and O–H groups in total. The van der Waals surface area contributed by atoms with Crippen LogP contribution in [0.25, 0.3) is 0 Å². The van der Waals surface area contributed by atoms with Crippen molar-refractivity contribution >= 4 is 35.6 Å². The lowest BCUT2D eigenvalue weighted by atomic mass is 9.71. The molecule has 16 nitrogen and oxygen atoms in total. The fourth-order valence-electron chi connectivity index (χ4n) is 10.6. The molecule has 1 spiro atoms. The van der Waals surface area contributed by atoms with E-state index in [2.05, 4.69) is 21.2 Å². The Morgan fingerprint density at radius 2 is 1.61 bits per heavy atom. The number of rotatable bonds is 5. The number of fused-ring (bicyclic) bond motifs is 9. The van der Waals surface area contributed by atoms with E-state index in [4.69, 9.17) is 37.9 Å². The maximum absolute atomic E-state index is 15.0. The molecule has 3 aromatic carbocycles. The highest BCUT2D eigenvalue weighted by molar-refractivity contribution is 7.99. The summed E-state index contributed by atoms with van der Waals surface area (Å²) >= 11 is 1.46. The van der Waals surface area contributed by atoms with Crippen LogP contribution in [0.4, 0.5) is 0 Å². The van der Waals surface area contributed by atoms with E-state index in [0.29, 0.717) is 70.4 Å². The molecule has 0 aromatic heterocycles. The van der Waals surface area contributed by atoms with Crippen LogP contribution in [0.1, 0.15) is 82.6 Å². The number of hydrogen-bond donors (Lipinski definition) is 1. The molecule has 320 valence electrons. The van der Waals surface area contributed by atoms with Gasteiger partial charge >= 0.3 is 23.9 Å². The van der Waals surface area contributed by atoms with Gasteiger partial charge in [0.25, 0.3) is 0 Å². The van der Waals surface area contributed by atoms with E-state index >= 15 is 0 Å². The van der Waals surface area contributed by atoms with Gasteiger partial charge in [-0.3, -0.25) is 29.5 Å². The first-order chi connectivity index (χ1) is 29.2. The van der Waals surface area contributed by atoms with Crippen LogP contribution in [0.2, 0.25) is 0 Å². The Labute approximate surface area is 356 Å². The third-order valence-electron chi connectivity index (χ3n) is 12.9. The van der Waals surface area contributed by atoms with Gasteiger partial charge in [-0.15, -0.1) is 11.8 Å². The normalized spacial score (nSPS) is 27.0. The number of hydrogen-bond acceptors (Lipinski definition) is 17. The molecule has 0 radical (unpaired) electrons. The largest absolute Gasteiger partial charge is 0.493 e. The van der Waals surface area contributed by atoms with Gasteiger partial charge in [0.15, 0.2) is 40.0 Å². The van der Waals surface area contributed by atoms with Crippen LogP contribution in [0, 0.1) is 25.2 Å². The second-order valence-corrected chi connectivity index (χ2v) is 17.4. The second-order valence-electron chi connectivity index (χ2n) is 16.2. The molecule has 0 saturated carbocycles. The highest BCUT2D eigenvalue weighted by Gasteiger charge is 2.62. The van der Waals surface area contributed by atoms with Gasteiger partial charge in [0.2, 0.25) is 6.79 Å². The van der Waals surface area contributed by atoms with Gasteiger partial charge < -0.3 is 37.9 Å². The summed E-state index contributed by atoms with van der Waals surface area (Å²) in [5, 5.41) is 14.2. The van der Waals surface area contributed by atoms with Crippen molar-refractivity contribution in [3.8, 4) is 46.3 Å². The van der Waals surface area contributed by atoms with E-state index in [9.17, 15) is 24.4 Å². The Kier molecular flexibility index (Phi) is 10.1. The molecule has 0 amide bonds. The van der Waals surface area contributed by atoms with Gasteiger partial charge in [-0.05, 0) is 68.1 Å². The molecule has 3 aromatic rings. The van der Waals surface area contributed by atoms with E-state index in [1.165, 1.54) is 46.8 Å². The molecular formula is C44H46N4O12S. The summed E-state index contributed by atoms with van der Waals surface area (Å²) in [5.74, 6) is 0.351. The summed E-state index contributed by atoms with van der Waals surface area (Å²) < 4.78 is 48.3. The number of aryl methyl sites for hydroxylation is 1. The zero-order valence-corrected chi connectivity index (χ0v) is 35.9. The number of nitrogens with one attached hydrogen (secondary N) is 1. The Morgan fingerprint density at radius 3 is 2.30 bits per heavy atom. The minimum absolute atomic E-state index is 0.0885. The molecular weight excluding hydrogens is 809 g/mol. The highest BCUT2D eigenvalue weighted by atomic mass is 32.2. The van der Waals surface area contributed by atoms with Crippen molar-refractivity contribution in [2.45, 2.75) is 88.5 Å². The maximum Gasteiger partial charge on any atom is 0.331 e. The number of likely N-dealkylation sites (N-methyl/N-ethyl adjacent to an activating group) is 1. The zero-order valence-electron chi connectivity index (χ0n) is 35.1. The minimum Gasteiger partial charge on any atom is -0.493 e. The average molecular weight is 855 g/mol. The molecule has 1 unspecified atom stereocenters. The van der Waals surface area contributed by atoms with Crippen LogP contribution in [0.15, 0.2) is 18.2 Å². The number of esters is 4. The summed E-state index contributed by atoms with van der Waals surface area (Å²) in [6, 6.07) is 5.14. The van der Waals surface area contributed by atoms with Crippen molar-refractivity contribution < 1.29 is 57.1 Å². The lowest BCUT2D eigenvalue weighted by molar-refractivity contribution is -0.157. The van der Waals surface area contributed by atoms with Crippen molar-refractivity contribution in [3.05, 3.63) is 62.7 Å². The molecule has 61 heavy (non-hydrogen) atoms. The van der Waals surface area contributed by atoms with E-state index in [1.807, 2.05) is 27.0 Å². The van der Waals surface area contributed by atoms with Gasteiger partial charge in [-0.1, -0.05) is 6.07 Å². The van der Waals surface area contributed by atoms with Gasteiger partial charge in [-0.2, -0.15) is 5.26 Å². The van der Waals surface area contributed by atoms with Gasteiger partial charge in [0.05, 0.1) is 37.6 Å².